The van der Waals surface area contributed by atoms with Crippen molar-refractivity contribution in [3.63, 3.8) is 0 Å². The summed E-state index contributed by atoms with van der Waals surface area (Å²) in [4.78, 5) is 13.0. The molecule has 1 amide bonds. The summed E-state index contributed by atoms with van der Waals surface area (Å²) in [6, 6.07) is 3.45. The van der Waals surface area contributed by atoms with Crippen molar-refractivity contribution in [2.45, 2.75) is 162 Å². The van der Waals surface area contributed by atoms with Crippen LogP contribution in [0.15, 0.2) is 12.1 Å². The predicted molar refractivity (Wildman–Crippen MR) is 182 cm³/mol. The van der Waals surface area contributed by atoms with E-state index in [-0.39, 0.29) is 12.5 Å². The third kappa shape index (κ3) is 20.1. The fourth-order valence-electron chi connectivity index (χ4n) is 5.16. The molecule has 0 aliphatic carbocycles. The lowest BCUT2D eigenvalue weighted by Crippen LogP contribution is -2.33. The first-order valence-electron chi connectivity index (χ1n) is 18.2. The van der Waals surface area contributed by atoms with Crippen molar-refractivity contribution >= 4 is 5.91 Å². The van der Waals surface area contributed by atoms with Gasteiger partial charge in [0.2, 0.25) is 5.75 Å². The molecule has 0 aliphatic rings. The first-order chi connectivity index (χ1) is 21.6. The highest BCUT2D eigenvalue weighted by atomic mass is 16.5. The van der Waals surface area contributed by atoms with Crippen LogP contribution in [0.5, 0.6) is 17.2 Å². The lowest BCUT2D eigenvalue weighted by molar-refractivity contribution is 0.0801. The molecule has 0 fully saturated rings. The van der Waals surface area contributed by atoms with Gasteiger partial charge >= 0.3 is 0 Å². The molecule has 0 radical (unpaired) electrons. The number of aliphatic hydroxyl groups excluding tert-OH is 2. The van der Waals surface area contributed by atoms with Gasteiger partial charge in [-0.25, -0.2) is 0 Å². The van der Waals surface area contributed by atoms with Gasteiger partial charge < -0.3 is 29.7 Å². The Morgan fingerprint density at radius 3 is 1.36 bits per heavy atom. The molecule has 0 bridgehead atoms. The number of amides is 1. The Morgan fingerprint density at radius 2 is 0.977 bits per heavy atom. The Bertz CT molecular complexity index is 776. The van der Waals surface area contributed by atoms with Crippen LogP contribution in [0.3, 0.4) is 0 Å². The second kappa shape index (κ2) is 28.5. The normalized spacial score (nSPS) is 11.8. The van der Waals surface area contributed by atoms with E-state index >= 15 is 0 Å². The third-order valence-corrected chi connectivity index (χ3v) is 8.00. The summed E-state index contributed by atoms with van der Waals surface area (Å²) >= 11 is 0. The van der Waals surface area contributed by atoms with Gasteiger partial charge in [-0.1, -0.05) is 136 Å². The highest BCUT2D eigenvalue weighted by Crippen LogP contribution is 2.39. The van der Waals surface area contributed by atoms with E-state index < -0.39 is 12.7 Å². The number of hydrogen-bond acceptors (Lipinski definition) is 6. The van der Waals surface area contributed by atoms with Gasteiger partial charge in [-0.15, -0.1) is 0 Å². The van der Waals surface area contributed by atoms with Crippen LogP contribution in [0.4, 0.5) is 0 Å². The van der Waals surface area contributed by atoms with Gasteiger partial charge in [-0.05, 0) is 31.4 Å². The van der Waals surface area contributed by atoms with Crippen molar-refractivity contribution in [2.24, 2.45) is 0 Å². The summed E-state index contributed by atoms with van der Waals surface area (Å²) in [6.45, 7) is 7.93. The van der Waals surface area contributed by atoms with Crippen molar-refractivity contribution in [3.05, 3.63) is 17.7 Å². The smallest absolute Gasteiger partial charge is 0.251 e. The summed E-state index contributed by atoms with van der Waals surface area (Å²) in [5, 5.41) is 21.6. The molecule has 0 saturated heterocycles. The van der Waals surface area contributed by atoms with Gasteiger partial charge in [-0.3, -0.25) is 4.79 Å². The fourth-order valence-corrected chi connectivity index (χ4v) is 5.16. The molecule has 0 aliphatic heterocycles. The molecule has 0 spiro atoms. The molecule has 1 aromatic rings. The van der Waals surface area contributed by atoms with Crippen molar-refractivity contribution in [1.82, 2.24) is 5.32 Å². The third-order valence-electron chi connectivity index (χ3n) is 8.00. The molecule has 7 nitrogen and oxygen atoms in total. The first kappa shape index (κ1) is 40.0. The lowest BCUT2D eigenvalue weighted by Gasteiger charge is -2.19. The Kier molecular flexibility index (Phi) is 25.9. The first-order valence-corrected chi connectivity index (χ1v) is 18.2. The highest BCUT2D eigenvalue weighted by Gasteiger charge is 2.20. The maximum Gasteiger partial charge on any atom is 0.251 e. The minimum Gasteiger partial charge on any atom is -0.490 e. The maximum atomic E-state index is 13.0. The zero-order chi connectivity index (χ0) is 32.1. The molecular formula is C37H67NO6. The van der Waals surface area contributed by atoms with Gasteiger partial charge in [0.25, 0.3) is 5.91 Å². The fraction of sp³-hybridized carbons (Fsp3) is 0.811. The van der Waals surface area contributed by atoms with E-state index in [9.17, 15) is 9.90 Å². The minimum atomic E-state index is -1.01. The summed E-state index contributed by atoms with van der Waals surface area (Å²) in [6.07, 6.45) is 24.1. The monoisotopic (exact) mass is 621 g/mol. The standard InChI is InChI=1S/C37H67NO6/c1-4-7-10-13-16-19-22-25-42-34-28-32(37(41)38-30-33(40)31-39)29-35(43-26-23-20-17-14-11-8-5-2)36(34)44-27-24-21-18-15-12-9-6-3/h28-29,33,39-40H,4-27,30-31H2,1-3H3,(H,38,41). The molecule has 1 atom stereocenters. The largest absolute Gasteiger partial charge is 0.490 e. The number of carbonyl (C=O) groups excluding carboxylic acids is 1. The molecule has 0 heterocycles. The van der Waals surface area contributed by atoms with E-state index in [1.165, 1.54) is 96.3 Å². The molecule has 0 saturated carbocycles. The number of unbranched alkanes of at least 4 members (excludes halogenated alkanes) is 18. The zero-order valence-corrected chi connectivity index (χ0v) is 28.6. The molecule has 1 unspecified atom stereocenters. The number of nitrogens with one attached hydrogen (secondary N) is 1. The van der Waals surface area contributed by atoms with Gasteiger partial charge in [-0.2, -0.15) is 0 Å². The minimum absolute atomic E-state index is 0.0334. The zero-order valence-electron chi connectivity index (χ0n) is 28.6. The van der Waals surface area contributed by atoms with Gasteiger partial charge in [0.15, 0.2) is 11.5 Å². The Balaban J connectivity index is 2.96. The average molecular weight is 622 g/mol. The van der Waals surface area contributed by atoms with Crippen LogP contribution >= 0.6 is 0 Å². The van der Waals surface area contributed by atoms with Gasteiger partial charge in [0.05, 0.1) is 32.5 Å². The Labute approximate surface area is 269 Å². The second-order valence-electron chi connectivity index (χ2n) is 12.3. The molecule has 0 aromatic heterocycles. The number of hydrogen-bond donors (Lipinski definition) is 3. The van der Waals surface area contributed by atoms with Crippen LogP contribution in [0.1, 0.15) is 166 Å². The highest BCUT2D eigenvalue weighted by molar-refractivity contribution is 5.95. The predicted octanol–water partition coefficient (Wildman–Crippen LogP) is 9.16. The van der Waals surface area contributed by atoms with E-state index in [0.717, 1.165) is 38.5 Å². The summed E-state index contributed by atoms with van der Waals surface area (Å²) in [5.74, 6) is 1.29. The van der Waals surface area contributed by atoms with E-state index in [0.29, 0.717) is 42.6 Å². The van der Waals surface area contributed by atoms with Crippen LogP contribution in [-0.4, -0.2) is 55.2 Å². The van der Waals surface area contributed by atoms with Crippen molar-refractivity contribution < 1.29 is 29.2 Å². The second-order valence-corrected chi connectivity index (χ2v) is 12.3. The van der Waals surface area contributed by atoms with Crippen LogP contribution in [0.25, 0.3) is 0 Å². The quantitative estimate of drug-likeness (QED) is 0.0716. The van der Waals surface area contributed by atoms with Crippen LogP contribution < -0.4 is 19.5 Å². The molecule has 1 aromatic carbocycles. The number of rotatable bonds is 31. The van der Waals surface area contributed by atoms with Gasteiger partial charge in [0.1, 0.15) is 0 Å². The summed E-state index contributed by atoms with van der Waals surface area (Å²) in [7, 11) is 0. The van der Waals surface area contributed by atoms with Crippen molar-refractivity contribution in [3.8, 4) is 17.2 Å². The van der Waals surface area contributed by atoms with E-state index in [2.05, 4.69) is 26.1 Å². The number of carbonyl (C=O) groups is 1. The molecule has 1 rings (SSSR count). The van der Waals surface area contributed by atoms with Crippen LogP contribution in [0, 0.1) is 0 Å². The molecule has 7 heteroatoms. The molecule has 3 N–H and O–H groups in total. The molecular weight excluding hydrogens is 554 g/mol. The molecule has 256 valence electrons. The van der Waals surface area contributed by atoms with Crippen LogP contribution in [0.2, 0.25) is 0 Å². The number of benzene rings is 1. The van der Waals surface area contributed by atoms with Crippen molar-refractivity contribution in [2.75, 3.05) is 33.0 Å². The summed E-state index contributed by atoms with van der Waals surface area (Å²) in [5.41, 5.74) is 0.391. The topological polar surface area (TPSA) is 97.3 Å². The Hall–Kier alpha value is -1.99. The van der Waals surface area contributed by atoms with Crippen LogP contribution in [-0.2, 0) is 0 Å². The maximum absolute atomic E-state index is 13.0. The molecule has 44 heavy (non-hydrogen) atoms. The lowest BCUT2D eigenvalue weighted by atomic mass is 10.1. The van der Waals surface area contributed by atoms with E-state index in [1.54, 1.807) is 12.1 Å². The summed E-state index contributed by atoms with van der Waals surface area (Å²) < 4.78 is 18.9. The number of aliphatic hydroxyl groups is 2. The van der Waals surface area contributed by atoms with Gasteiger partial charge in [0, 0.05) is 12.1 Å². The average Bonchev–Trinajstić information content (AvgIpc) is 3.03. The Morgan fingerprint density at radius 1 is 0.614 bits per heavy atom. The van der Waals surface area contributed by atoms with Crippen molar-refractivity contribution in [1.29, 1.82) is 0 Å². The SMILES string of the molecule is CCCCCCCCCOc1cc(C(=O)NCC(O)CO)cc(OCCCCCCCCC)c1OCCCCCCCCC. The van der Waals surface area contributed by atoms with E-state index in [4.69, 9.17) is 19.3 Å². The number of ether oxygens (including phenoxy) is 3. The van der Waals surface area contributed by atoms with E-state index in [1.807, 2.05) is 0 Å².